The fraction of sp³-hybridized carbons (Fsp3) is 0.500. The van der Waals surface area contributed by atoms with Crippen LogP contribution in [0.3, 0.4) is 0 Å². The first-order valence-corrected chi connectivity index (χ1v) is 15.3. The van der Waals surface area contributed by atoms with Gasteiger partial charge in [0, 0.05) is 18.2 Å². The zero-order valence-corrected chi connectivity index (χ0v) is 21.5. The number of para-hydroxylation sites is 1. The molecule has 1 heterocycles. The van der Waals surface area contributed by atoms with Crippen molar-refractivity contribution in [1.82, 2.24) is 14.4 Å². The molecule has 0 bridgehead atoms. The Hall–Kier alpha value is -2.54. The van der Waals surface area contributed by atoms with Gasteiger partial charge in [-0.2, -0.15) is 0 Å². The summed E-state index contributed by atoms with van der Waals surface area (Å²) < 4.78 is 64.7. The van der Waals surface area contributed by atoms with Gasteiger partial charge in [-0.3, -0.25) is 4.79 Å². The number of nitrogens with zero attached hydrogens (tertiary/aromatic N) is 1. The van der Waals surface area contributed by atoms with E-state index in [2.05, 4.69) is 14.4 Å². The van der Waals surface area contributed by atoms with Crippen molar-refractivity contribution in [3.8, 4) is 11.5 Å². The summed E-state index contributed by atoms with van der Waals surface area (Å²) in [6, 6.07) is 5.08. The molecule has 0 amide bonds. The smallest absolute Gasteiger partial charge is 0.245 e. The van der Waals surface area contributed by atoms with Crippen LogP contribution < -0.4 is 20.6 Å². The molecule has 5 rings (SSSR count). The Labute approximate surface area is 210 Å². The van der Waals surface area contributed by atoms with Crippen molar-refractivity contribution >= 4 is 36.8 Å². The van der Waals surface area contributed by atoms with Gasteiger partial charge in [-0.15, -0.1) is 0 Å². The van der Waals surface area contributed by atoms with E-state index in [4.69, 9.17) is 10.2 Å². The minimum atomic E-state index is -4.24. The predicted octanol–water partition coefficient (Wildman–Crippen LogP) is 3.10. The molecule has 0 radical (unpaired) electrons. The second-order valence-corrected chi connectivity index (χ2v) is 13.0. The lowest BCUT2D eigenvalue weighted by atomic mass is 9.96. The molecule has 3 aliphatic carbocycles. The fourth-order valence-electron chi connectivity index (χ4n) is 5.22. The van der Waals surface area contributed by atoms with Gasteiger partial charge >= 0.3 is 0 Å². The van der Waals surface area contributed by atoms with Crippen LogP contribution in [0.4, 0.5) is 5.69 Å². The topological polar surface area (TPSA) is 161 Å². The molecule has 36 heavy (non-hydrogen) atoms. The third-order valence-electron chi connectivity index (χ3n) is 7.04. The third-order valence-corrected chi connectivity index (χ3v) is 10.2. The maximum absolute atomic E-state index is 13.4. The van der Waals surface area contributed by atoms with E-state index in [9.17, 15) is 21.6 Å². The summed E-state index contributed by atoms with van der Waals surface area (Å²) in [4.78, 5) is 16.4. The zero-order chi connectivity index (χ0) is 25.5. The Bertz CT molecular complexity index is 1520. The van der Waals surface area contributed by atoms with E-state index in [1.54, 1.807) is 0 Å². The number of benzene rings is 2. The number of rotatable bonds is 6. The van der Waals surface area contributed by atoms with E-state index in [1.807, 2.05) is 0 Å². The van der Waals surface area contributed by atoms with E-state index >= 15 is 0 Å². The van der Waals surface area contributed by atoms with Crippen molar-refractivity contribution in [1.29, 1.82) is 0 Å². The minimum absolute atomic E-state index is 0.0273. The summed E-state index contributed by atoms with van der Waals surface area (Å²) in [5.41, 5.74) is 4.71. The highest BCUT2D eigenvalue weighted by molar-refractivity contribution is 7.90. The quantitative estimate of drug-likeness (QED) is 0.321. The van der Waals surface area contributed by atoms with Gasteiger partial charge in [-0.25, -0.2) is 31.3 Å². The first-order valence-electron chi connectivity index (χ1n) is 12.4. The molecule has 4 aliphatic rings. The molecule has 0 atom stereocenters. The monoisotopic (exact) mass is 534 g/mol. The van der Waals surface area contributed by atoms with Gasteiger partial charge in [0.1, 0.15) is 26.7 Å². The lowest BCUT2D eigenvalue weighted by Gasteiger charge is -2.24. The first kappa shape index (κ1) is 25.1. The Kier molecular flexibility index (Phi) is 6.79. The van der Waals surface area contributed by atoms with Crippen molar-refractivity contribution in [3.05, 3.63) is 34.5 Å². The molecule has 2 saturated carbocycles. The maximum atomic E-state index is 13.4. The summed E-state index contributed by atoms with van der Waals surface area (Å²) in [5.74, 6) is -0.0829. The largest absolute Gasteiger partial charge is 0.453 e. The van der Waals surface area contributed by atoms with E-state index < -0.39 is 36.1 Å². The van der Waals surface area contributed by atoms with Crippen molar-refractivity contribution < 1.29 is 21.3 Å². The highest BCUT2D eigenvalue weighted by atomic mass is 32.2. The lowest BCUT2D eigenvalue weighted by Crippen LogP contribution is -2.37. The van der Waals surface area contributed by atoms with E-state index in [1.165, 1.54) is 18.2 Å². The molecule has 0 spiro atoms. The van der Waals surface area contributed by atoms with Crippen LogP contribution in [-0.2, 0) is 20.0 Å². The maximum Gasteiger partial charge on any atom is 0.245 e. The van der Waals surface area contributed by atoms with Crippen LogP contribution in [-0.4, -0.2) is 33.9 Å². The van der Waals surface area contributed by atoms with Crippen LogP contribution >= 0.6 is 0 Å². The summed E-state index contributed by atoms with van der Waals surface area (Å²) in [5, 5.41) is 0. The number of nitrogens with one attached hydrogen (secondary N) is 2. The second kappa shape index (κ2) is 9.73. The number of hydrogen-bond donors (Lipinski definition) is 3. The van der Waals surface area contributed by atoms with Gasteiger partial charge in [0.05, 0.1) is 0 Å². The molecule has 0 unspecified atom stereocenters. The SMILES string of the molecule is Nc1c(S(=O)(=O)NC2CCCCC2)c2nc3c(S(=O)(=O)NC4CCCCC4)cccc3oc-2cc1=O. The van der Waals surface area contributed by atoms with Crippen LogP contribution in [0.25, 0.3) is 22.6 Å². The number of aromatic nitrogens is 1. The van der Waals surface area contributed by atoms with Gasteiger partial charge in [0.2, 0.25) is 25.5 Å². The highest BCUT2D eigenvalue weighted by Gasteiger charge is 2.33. The zero-order valence-electron chi connectivity index (χ0n) is 19.8. The normalized spacial score (nSPS) is 18.7. The molecule has 12 heteroatoms. The number of sulfonamides is 2. The summed E-state index contributed by atoms with van der Waals surface area (Å²) in [7, 11) is -8.22. The van der Waals surface area contributed by atoms with Crippen LogP contribution in [0.15, 0.2) is 43.3 Å². The molecule has 1 aromatic rings. The van der Waals surface area contributed by atoms with Crippen LogP contribution in [0, 0.1) is 0 Å². The van der Waals surface area contributed by atoms with E-state index in [0.717, 1.165) is 57.4 Å². The minimum Gasteiger partial charge on any atom is -0.453 e. The molecule has 1 aromatic carbocycles. The van der Waals surface area contributed by atoms with E-state index in [-0.39, 0.29) is 39.5 Å². The van der Waals surface area contributed by atoms with Gasteiger partial charge in [0.25, 0.3) is 0 Å². The summed E-state index contributed by atoms with van der Waals surface area (Å²) in [6.45, 7) is 0. The Morgan fingerprint density at radius 2 is 1.44 bits per heavy atom. The molecule has 4 N–H and O–H groups in total. The molecule has 10 nitrogen and oxygen atoms in total. The molecule has 1 aliphatic heterocycles. The average molecular weight is 535 g/mol. The van der Waals surface area contributed by atoms with Gasteiger partial charge < -0.3 is 10.2 Å². The van der Waals surface area contributed by atoms with Crippen LogP contribution in [0.5, 0.6) is 0 Å². The van der Waals surface area contributed by atoms with Gasteiger partial charge in [-0.1, -0.05) is 44.6 Å². The number of anilines is 1. The summed E-state index contributed by atoms with van der Waals surface area (Å²) >= 11 is 0. The van der Waals surface area contributed by atoms with Crippen molar-refractivity contribution in [2.24, 2.45) is 0 Å². The number of nitrogen functional groups attached to an aromatic ring is 1. The van der Waals surface area contributed by atoms with Gasteiger partial charge in [0.15, 0.2) is 11.3 Å². The Morgan fingerprint density at radius 1 is 0.861 bits per heavy atom. The Balaban J connectivity index is 1.65. The highest BCUT2D eigenvalue weighted by Crippen LogP contribution is 2.35. The van der Waals surface area contributed by atoms with Crippen LogP contribution in [0.1, 0.15) is 64.2 Å². The Morgan fingerprint density at radius 3 is 2.06 bits per heavy atom. The first-order chi connectivity index (χ1) is 17.2. The van der Waals surface area contributed by atoms with Crippen molar-refractivity contribution in [3.63, 3.8) is 0 Å². The molecule has 0 saturated heterocycles. The second-order valence-electron chi connectivity index (χ2n) is 9.69. The summed E-state index contributed by atoms with van der Waals surface area (Å²) in [6.07, 6.45) is 8.70. The third kappa shape index (κ3) is 4.86. The number of hydrogen-bond acceptors (Lipinski definition) is 8. The van der Waals surface area contributed by atoms with Crippen molar-refractivity contribution in [2.75, 3.05) is 5.73 Å². The van der Waals surface area contributed by atoms with Crippen molar-refractivity contribution in [2.45, 2.75) is 86.1 Å². The lowest BCUT2D eigenvalue weighted by molar-refractivity contribution is 0.412. The average Bonchev–Trinajstić information content (AvgIpc) is 2.84. The molecule has 194 valence electrons. The predicted molar refractivity (Wildman–Crippen MR) is 136 cm³/mol. The van der Waals surface area contributed by atoms with Gasteiger partial charge in [-0.05, 0) is 37.8 Å². The molecular weight excluding hydrogens is 504 g/mol. The van der Waals surface area contributed by atoms with E-state index in [0.29, 0.717) is 12.8 Å². The van der Waals surface area contributed by atoms with Crippen LogP contribution in [0.2, 0.25) is 0 Å². The number of nitrogens with two attached hydrogens (primary N) is 1. The molecular formula is C24H30N4O6S2. The molecule has 2 fully saturated rings. The fourth-order valence-corrected chi connectivity index (χ4v) is 8.26. The standard InChI is InChI=1S/C24H30N4O6S2/c25-21-17(29)14-19-23(24(21)36(32,33)28-16-10-5-2-6-11-16)26-22-18(34-19)12-7-13-20(22)35(30,31)27-15-8-3-1-4-9-15/h7,12-16,27-28H,1-6,8-11,25H2. The molecule has 0 aromatic heterocycles. The number of fused-ring (bicyclic) bond motifs is 2.